The van der Waals surface area contributed by atoms with Gasteiger partial charge in [-0.1, -0.05) is 48.5 Å². The van der Waals surface area contributed by atoms with Crippen LogP contribution in [0, 0.1) is 0 Å². The highest BCUT2D eigenvalue weighted by molar-refractivity contribution is 6.03. The Balaban J connectivity index is 2.01. The Hall–Kier alpha value is -2.68. The number of hydrazone groups is 1. The van der Waals surface area contributed by atoms with Gasteiger partial charge in [-0.25, -0.2) is 0 Å². The third-order valence-corrected chi connectivity index (χ3v) is 3.36. The van der Waals surface area contributed by atoms with Crippen molar-refractivity contribution in [2.75, 3.05) is 0 Å². The molecule has 0 aliphatic rings. The predicted molar refractivity (Wildman–Crippen MR) is 82.6 cm³/mol. The van der Waals surface area contributed by atoms with Crippen LogP contribution in [0.2, 0.25) is 0 Å². The summed E-state index contributed by atoms with van der Waals surface area (Å²) >= 11 is 0. The molecule has 20 heavy (non-hydrogen) atoms. The average molecular weight is 261 g/mol. The van der Waals surface area contributed by atoms with E-state index in [-0.39, 0.29) is 0 Å². The van der Waals surface area contributed by atoms with Gasteiger partial charge in [0.2, 0.25) is 0 Å². The summed E-state index contributed by atoms with van der Waals surface area (Å²) in [5, 5.41) is 5.10. The zero-order chi connectivity index (χ0) is 13.8. The quantitative estimate of drug-likeness (QED) is 0.447. The molecule has 3 aromatic rings. The minimum Gasteiger partial charge on any atom is -0.323 e. The highest BCUT2D eigenvalue weighted by Crippen LogP contribution is 2.18. The molecule has 2 N–H and O–H groups in total. The van der Waals surface area contributed by atoms with E-state index >= 15 is 0 Å². The van der Waals surface area contributed by atoms with E-state index in [0.717, 1.165) is 22.2 Å². The lowest BCUT2D eigenvalue weighted by Crippen LogP contribution is -2.08. The first-order valence-electron chi connectivity index (χ1n) is 6.53. The van der Waals surface area contributed by atoms with Crippen molar-refractivity contribution in [3.05, 3.63) is 78.0 Å². The van der Waals surface area contributed by atoms with E-state index in [0.29, 0.717) is 6.42 Å². The maximum absolute atomic E-state index is 5.57. The highest BCUT2D eigenvalue weighted by Gasteiger charge is 2.07. The molecule has 1 aromatic heterocycles. The first-order chi connectivity index (χ1) is 9.88. The van der Waals surface area contributed by atoms with Crippen LogP contribution in [0.4, 0.5) is 0 Å². The topological polar surface area (TPSA) is 51.3 Å². The van der Waals surface area contributed by atoms with E-state index < -0.39 is 0 Å². The summed E-state index contributed by atoms with van der Waals surface area (Å²) < 4.78 is 0. The van der Waals surface area contributed by atoms with Crippen LogP contribution in [0.15, 0.2) is 72.0 Å². The molecule has 0 saturated heterocycles. The standard InChI is InChI=1S/C17H15N3/c18-20-17(13-6-2-1-3-7-13)12-14-10-11-19-16-9-5-4-8-15(14)16/h1-11H,12,18H2/b20-17-. The number of fused-ring (bicyclic) bond motifs is 1. The van der Waals surface area contributed by atoms with Crippen LogP contribution < -0.4 is 5.84 Å². The van der Waals surface area contributed by atoms with E-state index in [1.807, 2.05) is 60.8 Å². The van der Waals surface area contributed by atoms with Crippen molar-refractivity contribution < 1.29 is 0 Å². The summed E-state index contributed by atoms with van der Waals surface area (Å²) in [4.78, 5) is 4.38. The number of nitrogens with zero attached hydrogens (tertiary/aromatic N) is 2. The Labute approximate surface area is 117 Å². The number of hydrogen-bond donors (Lipinski definition) is 1. The van der Waals surface area contributed by atoms with Crippen molar-refractivity contribution in [3.63, 3.8) is 0 Å². The molecular formula is C17H15N3. The summed E-state index contributed by atoms with van der Waals surface area (Å²) in [6.07, 6.45) is 2.53. The van der Waals surface area contributed by atoms with Crippen LogP contribution >= 0.6 is 0 Å². The van der Waals surface area contributed by atoms with Gasteiger partial charge in [-0.2, -0.15) is 5.10 Å². The van der Waals surface area contributed by atoms with Gasteiger partial charge in [0.25, 0.3) is 0 Å². The summed E-state index contributed by atoms with van der Waals surface area (Å²) in [7, 11) is 0. The number of benzene rings is 2. The van der Waals surface area contributed by atoms with Crippen molar-refractivity contribution in [3.8, 4) is 0 Å². The summed E-state index contributed by atoms with van der Waals surface area (Å²) in [5.74, 6) is 5.57. The van der Waals surface area contributed by atoms with Gasteiger partial charge >= 0.3 is 0 Å². The third-order valence-electron chi connectivity index (χ3n) is 3.36. The first kappa shape index (κ1) is 12.4. The number of rotatable bonds is 3. The lowest BCUT2D eigenvalue weighted by Gasteiger charge is -2.08. The van der Waals surface area contributed by atoms with E-state index in [1.165, 1.54) is 5.56 Å². The van der Waals surface area contributed by atoms with Crippen molar-refractivity contribution in [1.82, 2.24) is 4.98 Å². The van der Waals surface area contributed by atoms with Gasteiger partial charge in [0, 0.05) is 18.0 Å². The van der Waals surface area contributed by atoms with Crippen molar-refractivity contribution in [2.45, 2.75) is 6.42 Å². The fraction of sp³-hybridized carbons (Fsp3) is 0.0588. The maximum Gasteiger partial charge on any atom is 0.0716 e. The Bertz CT molecular complexity index is 743. The zero-order valence-electron chi connectivity index (χ0n) is 11.0. The molecule has 0 saturated carbocycles. The van der Waals surface area contributed by atoms with Gasteiger partial charge in [0.15, 0.2) is 0 Å². The Morgan fingerprint density at radius 1 is 0.950 bits per heavy atom. The summed E-state index contributed by atoms with van der Waals surface area (Å²) in [5.41, 5.74) is 4.11. The molecule has 2 aromatic carbocycles. The molecule has 0 unspecified atom stereocenters. The zero-order valence-corrected chi connectivity index (χ0v) is 11.0. The Kier molecular flexibility index (Phi) is 3.42. The number of nitrogens with two attached hydrogens (primary N) is 1. The van der Waals surface area contributed by atoms with Gasteiger partial charge in [-0.05, 0) is 23.3 Å². The number of pyridine rings is 1. The molecule has 0 aliphatic carbocycles. The molecule has 0 radical (unpaired) electrons. The predicted octanol–water partition coefficient (Wildman–Crippen LogP) is 3.14. The lowest BCUT2D eigenvalue weighted by molar-refractivity contribution is 1.19. The molecule has 3 rings (SSSR count). The molecular weight excluding hydrogens is 246 g/mol. The molecule has 0 amide bonds. The van der Waals surface area contributed by atoms with Crippen molar-refractivity contribution in [1.29, 1.82) is 0 Å². The highest BCUT2D eigenvalue weighted by atomic mass is 15.1. The van der Waals surface area contributed by atoms with E-state index in [4.69, 9.17) is 5.84 Å². The fourth-order valence-electron chi connectivity index (χ4n) is 2.34. The molecule has 1 heterocycles. The molecule has 0 atom stereocenters. The van der Waals surface area contributed by atoms with Crippen LogP contribution in [-0.4, -0.2) is 10.7 Å². The molecule has 98 valence electrons. The molecule has 0 fully saturated rings. The van der Waals surface area contributed by atoms with E-state index in [1.54, 1.807) is 0 Å². The van der Waals surface area contributed by atoms with Crippen molar-refractivity contribution in [2.24, 2.45) is 10.9 Å². The van der Waals surface area contributed by atoms with Gasteiger partial charge in [0.05, 0.1) is 11.2 Å². The largest absolute Gasteiger partial charge is 0.323 e. The van der Waals surface area contributed by atoms with Gasteiger partial charge in [-0.15, -0.1) is 0 Å². The smallest absolute Gasteiger partial charge is 0.0716 e. The van der Waals surface area contributed by atoms with Crippen LogP contribution in [0.5, 0.6) is 0 Å². The minimum absolute atomic E-state index is 0.698. The first-order valence-corrected chi connectivity index (χ1v) is 6.53. The molecule has 0 aliphatic heterocycles. The second kappa shape index (κ2) is 5.53. The number of aromatic nitrogens is 1. The number of hydrogen-bond acceptors (Lipinski definition) is 3. The van der Waals surface area contributed by atoms with Gasteiger partial charge in [-0.3, -0.25) is 4.98 Å². The second-order valence-electron chi connectivity index (χ2n) is 4.61. The van der Waals surface area contributed by atoms with Crippen LogP contribution in [0.3, 0.4) is 0 Å². The molecule has 0 bridgehead atoms. The van der Waals surface area contributed by atoms with Gasteiger partial charge in [0.1, 0.15) is 0 Å². The lowest BCUT2D eigenvalue weighted by atomic mass is 9.99. The van der Waals surface area contributed by atoms with Crippen molar-refractivity contribution >= 4 is 16.6 Å². The monoisotopic (exact) mass is 261 g/mol. The molecule has 3 nitrogen and oxygen atoms in total. The van der Waals surface area contributed by atoms with E-state index in [9.17, 15) is 0 Å². The SMILES string of the molecule is N/N=C(/Cc1ccnc2ccccc12)c1ccccc1. The molecule has 0 spiro atoms. The van der Waals surface area contributed by atoms with E-state index in [2.05, 4.69) is 16.2 Å². The maximum atomic E-state index is 5.57. The summed E-state index contributed by atoms with van der Waals surface area (Å²) in [6.45, 7) is 0. The third kappa shape index (κ3) is 2.38. The van der Waals surface area contributed by atoms with Crippen LogP contribution in [0.1, 0.15) is 11.1 Å². The Morgan fingerprint density at radius 3 is 2.50 bits per heavy atom. The number of para-hydroxylation sites is 1. The summed E-state index contributed by atoms with van der Waals surface area (Å²) in [6, 6.07) is 20.2. The second-order valence-corrected chi connectivity index (χ2v) is 4.61. The normalized spacial score (nSPS) is 11.7. The Morgan fingerprint density at radius 2 is 1.70 bits per heavy atom. The van der Waals surface area contributed by atoms with Gasteiger partial charge < -0.3 is 5.84 Å². The fourth-order valence-corrected chi connectivity index (χ4v) is 2.34. The van der Waals surface area contributed by atoms with Crippen LogP contribution in [0.25, 0.3) is 10.9 Å². The average Bonchev–Trinajstić information content (AvgIpc) is 2.53. The minimum atomic E-state index is 0.698. The molecule has 3 heteroatoms. The van der Waals surface area contributed by atoms with Crippen LogP contribution in [-0.2, 0) is 6.42 Å².